The van der Waals surface area contributed by atoms with Crippen molar-refractivity contribution < 1.29 is 9.13 Å². The second-order valence-electron chi connectivity index (χ2n) is 5.61. The van der Waals surface area contributed by atoms with Crippen LogP contribution in [0, 0.1) is 5.82 Å². The van der Waals surface area contributed by atoms with Gasteiger partial charge in [-0.3, -0.25) is 0 Å². The molecule has 0 atom stereocenters. The molecule has 0 fully saturated rings. The van der Waals surface area contributed by atoms with Crippen molar-refractivity contribution in [3.63, 3.8) is 0 Å². The molecule has 4 aromatic rings. The van der Waals surface area contributed by atoms with Crippen LogP contribution < -0.4 is 10.1 Å². The van der Waals surface area contributed by atoms with E-state index in [1.807, 2.05) is 36.6 Å². The van der Waals surface area contributed by atoms with Crippen LogP contribution in [0.5, 0.6) is 5.75 Å². The fourth-order valence-corrected chi connectivity index (χ4v) is 3.69. The molecule has 0 aliphatic carbocycles. The van der Waals surface area contributed by atoms with Gasteiger partial charge in [0.2, 0.25) is 0 Å². The Kier molecular flexibility index (Phi) is 4.50. The van der Waals surface area contributed by atoms with E-state index in [0.717, 1.165) is 27.1 Å². The summed E-state index contributed by atoms with van der Waals surface area (Å²) in [7, 11) is 0. The molecule has 4 nitrogen and oxygen atoms in total. The van der Waals surface area contributed by atoms with E-state index in [9.17, 15) is 4.39 Å². The first kappa shape index (κ1) is 16.5. The summed E-state index contributed by atoms with van der Waals surface area (Å²) in [4.78, 5) is 9.54. The summed E-state index contributed by atoms with van der Waals surface area (Å²) in [5.41, 5.74) is 2.43. The highest BCUT2D eigenvalue weighted by Crippen LogP contribution is 2.38. The number of ether oxygens (including phenoxy) is 1. The number of nitrogens with zero attached hydrogens (tertiary/aromatic N) is 2. The Labute approximate surface area is 154 Å². The lowest BCUT2D eigenvalue weighted by atomic mass is 10.1. The van der Waals surface area contributed by atoms with Crippen LogP contribution >= 0.6 is 11.3 Å². The molecule has 0 aliphatic rings. The van der Waals surface area contributed by atoms with Crippen LogP contribution in [0.15, 0.2) is 60.2 Å². The van der Waals surface area contributed by atoms with Gasteiger partial charge < -0.3 is 10.1 Å². The van der Waals surface area contributed by atoms with Crippen molar-refractivity contribution in [1.82, 2.24) is 9.97 Å². The van der Waals surface area contributed by atoms with Gasteiger partial charge in [-0.1, -0.05) is 24.3 Å². The van der Waals surface area contributed by atoms with Gasteiger partial charge in [0, 0.05) is 10.9 Å². The van der Waals surface area contributed by atoms with Crippen molar-refractivity contribution in [3.8, 4) is 16.9 Å². The zero-order valence-electron chi connectivity index (χ0n) is 14.1. The fourth-order valence-electron chi connectivity index (χ4n) is 2.77. The third-order valence-electron chi connectivity index (χ3n) is 3.97. The van der Waals surface area contributed by atoms with Gasteiger partial charge in [0.25, 0.3) is 0 Å². The largest absolute Gasteiger partial charge is 0.494 e. The smallest absolute Gasteiger partial charge is 0.146 e. The van der Waals surface area contributed by atoms with Crippen LogP contribution in [0.25, 0.3) is 21.3 Å². The highest BCUT2D eigenvalue weighted by molar-refractivity contribution is 7.17. The predicted octanol–water partition coefficient (Wildman–Crippen LogP) is 5.64. The molecule has 0 saturated carbocycles. The first-order chi connectivity index (χ1) is 12.8. The molecule has 0 amide bonds. The van der Waals surface area contributed by atoms with Crippen molar-refractivity contribution in [2.24, 2.45) is 0 Å². The van der Waals surface area contributed by atoms with Crippen molar-refractivity contribution in [1.29, 1.82) is 0 Å². The highest BCUT2D eigenvalue weighted by Gasteiger charge is 2.14. The first-order valence-electron chi connectivity index (χ1n) is 8.23. The third-order valence-corrected chi connectivity index (χ3v) is 4.86. The number of thiophene rings is 1. The maximum absolute atomic E-state index is 14.0. The minimum Gasteiger partial charge on any atom is -0.494 e. The van der Waals surface area contributed by atoms with Crippen molar-refractivity contribution in [2.75, 3.05) is 11.9 Å². The van der Waals surface area contributed by atoms with E-state index in [0.29, 0.717) is 18.1 Å². The molecule has 130 valence electrons. The number of hydrogen-bond acceptors (Lipinski definition) is 5. The molecule has 0 radical (unpaired) electrons. The molecule has 6 heteroatoms. The highest BCUT2D eigenvalue weighted by atomic mass is 32.1. The van der Waals surface area contributed by atoms with E-state index in [-0.39, 0.29) is 5.82 Å². The summed E-state index contributed by atoms with van der Waals surface area (Å²) < 4.78 is 19.5. The maximum Gasteiger partial charge on any atom is 0.146 e. The van der Waals surface area contributed by atoms with Crippen LogP contribution in [0.4, 0.5) is 15.9 Å². The molecular formula is C20H16FN3OS. The first-order valence-corrected chi connectivity index (χ1v) is 9.11. The molecule has 0 aliphatic heterocycles. The number of halogens is 1. The summed E-state index contributed by atoms with van der Waals surface area (Å²) in [6.07, 6.45) is 1.49. The zero-order chi connectivity index (χ0) is 17.9. The Morgan fingerprint density at radius 2 is 1.88 bits per heavy atom. The van der Waals surface area contributed by atoms with Gasteiger partial charge >= 0.3 is 0 Å². The van der Waals surface area contributed by atoms with Crippen LogP contribution in [-0.2, 0) is 0 Å². The second kappa shape index (κ2) is 7.09. The van der Waals surface area contributed by atoms with Crippen LogP contribution in [0.2, 0.25) is 0 Å². The van der Waals surface area contributed by atoms with E-state index >= 15 is 0 Å². The molecule has 2 aromatic heterocycles. The van der Waals surface area contributed by atoms with E-state index in [4.69, 9.17) is 4.74 Å². The lowest BCUT2D eigenvalue weighted by Crippen LogP contribution is -1.97. The Morgan fingerprint density at radius 1 is 1.08 bits per heavy atom. The lowest BCUT2D eigenvalue weighted by Gasteiger charge is -2.09. The number of fused-ring (bicyclic) bond motifs is 1. The SMILES string of the molecule is CCOc1ccc(-c2csc3ncnc(Nc4ccccc4F)c23)cc1. The van der Waals surface area contributed by atoms with Crippen LogP contribution in [-0.4, -0.2) is 16.6 Å². The van der Waals surface area contributed by atoms with Gasteiger partial charge in [-0.25, -0.2) is 14.4 Å². The molecule has 0 saturated heterocycles. The minimum atomic E-state index is -0.322. The monoisotopic (exact) mass is 365 g/mol. The molecule has 0 bridgehead atoms. The summed E-state index contributed by atoms with van der Waals surface area (Å²) in [5.74, 6) is 1.10. The predicted molar refractivity (Wildman–Crippen MR) is 104 cm³/mol. The van der Waals surface area contributed by atoms with E-state index in [1.165, 1.54) is 23.7 Å². The van der Waals surface area contributed by atoms with Gasteiger partial charge in [0.15, 0.2) is 0 Å². The molecule has 4 rings (SSSR count). The number of aromatic nitrogens is 2. The molecule has 2 aromatic carbocycles. The fraction of sp³-hybridized carbons (Fsp3) is 0.100. The molecule has 0 unspecified atom stereocenters. The summed E-state index contributed by atoms with van der Waals surface area (Å²) in [6.45, 7) is 2.59. The van der Waals surface area contributed by atoms with E-state index < -0.39 is 0 Å². The summed E-state index contributed by atoms with van der Waals surface area (Å²) in [5, 5.41) is 6.02. The summed E-state index contributed by atoms with van der Waals surface area (Å²) in [6, 6.07) is 14.4. The second-order valence-corrected chi connectivity index (χ2v) is 6.47. The lowest BCUT2D eigenvalue weighted by molar-refractivity contribution is 0.340. The Morgan fingerprint density at radius 3 is 2.65 bits per heavy atom. The Hall–Kier alpha value is -2.99. The van der Waals surface area contributed by atoms with Gasteiger partial charge in [-0.05, 0) is 36.8 Å². The number of rotatable bonds is 5. The van der Waals surface area contributed by atoms with Crippen molar-refractivity contribution in [3.05, 3.63) is 66.1 Å². The number of hydrogen-bond donors (Lipinski definition) is 1. The standard InChI is InChI=1S/C20H16FN3OS/c1-2-25-14-9-7-13(8-10-14)15-11-26-20-18(15)19(22-12-23-20)24-17-6-4-3-5-16(17)21/h3-12H,2H2,1H3,(H,22,23,24). The van der Waals surface area contributed by atoms with Crippen LogP contribution in [0.3, 0.4) is 0 Å². The average Bonchev–Trinajstić information content (AvgIpc) is 3.10. The van der Waals surface area contributed by atoms with Gasteiger partial charge in [0.1, 0.15) is 28.5 Å². The van der Waals surface area contributed by atoms with Gasteiger partial charge in [-0.15, -0.1) is 11.3 Å². The quantitative estimate of drug-likeness (QED) is 0.497. The Balaban J connectivity index is 1.78. The number of benzene rings is 2. The maximum atomic E-state index is 14.0. The normalized spacial score (nSPS) is 10.8. The van der Waals surface area contributed by atoms with Crippen molar-refractivity contribution >= 4 is 33.1 Å². The van der Waals surface area contributed by atoms with Crippen molar-refractivity contribution in [2.45, 2.75) is 6.92 Å². The number of nitrogens with one attached hydrogen (secondary N) is 1. The number of anilines is 2. The summed E-state index contributed by atoms with van der Waals surface area (Å²) >= 11 is 1.54. The van der Waals surface area contributed by atoms with E-state index in [1.54, 1.807) is 18.2 Å². The molecule has 26 heavy (non-hydrogen) atoms. The molecule has 2 heterocycles. The number of para-hydroxylation sites is 1. The van der Waals surface area contributed by atoms with Gasteiger partial charge in [0.05, 0.1) is 17.7 Å². The molecule has 1 N–H and O–H groups in total. The molecule has 0 spiro atoms. The average molecular weight is 365 g/mol. The van der Waals surface area contributed by atoms with E-state index in [2.05, 4.69) is 15.3 Å². The topological polar surface area (TPSA) is 47.0 Å². The minimum absolute atomic E-state index is 0.322. The third kappa shape index (κ3) is 3.11. The molecular weight excluding hydrogens is 349 g/mol. The Bertz CT molecular complexity index is 1050. The zero-order valence-corrected chi connectivity index (χ0v) is 14.9. The van der Waals surface area contributed by atoms with Crippen LogP contribution in [0.1, 0.15) is 6.92 Å². The van der Waals surface area contributed by atoms with Gasteiger partial charge in [-0.2, -0.15) is 0 Å².